The number of halogens is 1. The highest BCUT2D eigenvalue weighted by molar-refractivity contribution is 9.10. The molecule has 1 saturated heterocycles. The Bertz CT molecular complexity index is 681. The molecule has 0 unspecified atom stereocenters. The number of amides is 1. The molecule has 2 heterocycles. The summed E-state index contributed by atoms with van der Waals surface area (Å²) in [6.07, 6.45) is 1.73. The first-order valence-electron chi connectivity index (χ1n) is 7.58. The van der Waals surface area contributed by atoms with Crippen molar-refractivity contribution < 1.29 is 14.1 Å². The van der Waals surface area contributed by atoms with Crippen molar-refractivity contribution in [1.82, 2.24) is 15.0 Å². The number of hydrogen-bond acceptors (Lipinski definition) is 5. The molecule has 23 heavy (non-hydrogen) atoms. The molecule has 1 aliphatic heterocycles. The molecule has 1 aromatic heterocycles. The van der Waals surface area contributed by atoms with Gasteiger partial charge in [0.1, 0.15) is 6.61 Å². The molecule has 0 saturated carbocycles. The summed E-state index contributed by atoms with van der Waals surface area (Å²) in [7, 11) is 0. The molecule has 3 rings (SSSR count). The van der Waals surface area contributed by atoms with Crippen LogP contribution < -0.4 is 0 Å². The Balaban J connectivity index is 1.50. The fourth-order valence-corrected chi connectivity index (χ4v) is 3.07. The van der Waals surface area contributed by atoms with Gasteiger partial charge in [-0.3, -0.25) is 4.79 Å². The molecule has 7 heteroatoms. The third kappa shape index (κ3) is 3.97. The number of hydrogen-bond donors (Lipinski definition) is 0. The Morgan fingerprint density at radius 1 is 1.39 bits per heavy atom. The van der Waals surface area contributed by atoms with Crippen molar-refractivity contribution in [2.24, 2.45) is 0 Å². The molecule has 6 nitrogen and oxygen atoms in total. The van der Waals surface area contributed by atoms with E-state index in [2.05, 4.69) is 26.1 Å². The van der Waals surface area contributed by atoms with Crippen LogP contribution >= 0.6 is 15.9 Å². The summed E-state index contributed by atoms with van der Waals surface area (Å²) in [5, 5.41) is 3.73. The maximum atomic E-state index is 12.5. The molecule has 0 spiro atoms. The van der Waals surface area contributed by atoms with Crippen LogP contribution in [-0.4, -0.2) is 40.1 Å². The third-order valence-corrected chi connectivity index (χ3v) is 4.54. The summed E-state index contributed by atoms with van der Waals surface area (Å²) >= 11 is 3.43. The molecular formula is C16H18BrN3O3. The summed E-state index contributed by atoms with van der Waals surface area (Å²) in [4.78, 5) is 18.5. The number of nitrogens with zero attached hydrogens (tertiary/aromatic N) is 3. The Morgan fingerprint density at radius 2 is 2.13 bits per heavy atom. The second-order valence-electron chi connectivity index (χ2n) is 5.52. The number of piperidine rings is 1. The van der Waals surface area contributed by atoms with Gasteiger partial charge in [0.05, 0.1) is 11.7 Å². The summed E-state index contributed by atoms with van der Waals surface area (Å²) in [6.45, 7) is 3.48. The molecule has 0 atom stereocenters. The van der Waals surface area contributed by atoms with Crippen molar-refractivity contribution in [1.29, 1.82) is 0 Å². The molecule has 0 aliphatic carbocycles. The van der Waals surface area contributed by atoms with Crippen molar-refractivity contribution >= 4 is 21.8 Å². The predicted octanol–water partition coefficient (Wildman–Crippen LogP) is 2.96. The topological polar surface area (TPSA) is 68.5 Å². The normalized spacial score (nSPS) is 15.8. The quantitative estimate of drug-likeness (QED) is 0.816. The Labute approximate surface area is 142 Å². The molecule has 1 fully saturated rings. The number of aryl methyl sites for hydroxylation is 1. The lowest BCUT2D eigenvalue weighted by Crippen LogP contribution is -2.41. The lowest BCUT2D eigenvalue weighted by molar-refractivity contribution is -0.00979. The number of rotatable bonds is 4. The molecule has 1 aromatic carbocycles. The Kier molecular flexibility index (Phi) is 5.07. The van der Waals surface area contributed by atoms with Gasteiger partial charge in [0.2, 0.25) is 0 Å². The Hall–Kier alpha value is -1.73. The van der Waals surface area contributed by atoms with E-state index in [4.69, 9.17) is 9.26 Å². The maximum Gasteiger partial charge on any atom is 0.255 e. The van der Waals surface area contributed by atoms with Crippen molar-refractivity contribution in [3.05, 3.63) is 46.0 Å². The van der Waals surface area contributed by atoms with Crippen LogP contribution in [0.15, 0.2) is 33.3 Å². The fourth-order valence-electron chi connectivity index (χ4n) is 2.62. The highest BCUT2D eigenvalue weighted by Gasteiger charge is 2.25. The van der Waals surface area contributed by atoms with Gasteiger partial charge in [-0.25, -0.2) is 0 Å². The number of ether oxygens (including phenoxy) is 1. The van der Waals surface area contributed by atoms with Crippen LogP contribution in [0.1, 0.15) is 34.9 Å². The van der Waals surface area contributed by atoms with Crippen LogP contribution in [0.3, 0.4) is 0 Å². The number of benzene rings is 1. The average molecular weight is 380 g/mol. The van der Waals surface area contributed by atoms with Crippen LogP contribution in [-0.2, 0) is 11.3 Å². The lowest BCUT2D eigenvalue weighted by Gasteiger charge is -2.32. The van der Waals surface area contributed by atoms with Gasteiger partial charge in [-0.05, 0) is 47.8 Å². The predicted molar refractivity (Wildman–Crippen MR) is 86.9 cm³/mol. The minimum atomic E-state index is 0.0588. The summed E-state index contributed by atoms with van der Waals surface area (Å²) in [5.74, 6) is 1.16. The second kappa shape index (κ2) is 7.23. The van der Waals surface area contributed by atoms with Gasteiger partial charge in [-0.1, -0.05) is 17.3 Å². The van der Waals surface area contributed by atoms with E-state index >= 15 is 0 Å². The minimum Gasteiger partial charge on any atom is -0.368 e. The number of carbonyl (C=O) groups is 1. The molecule has 0 N–H and O–H groups in total. The van der Waals surface area contributed by atoms with Crippen molar-refractivity contribution in [2.75, 3.05) is 13.1 Å². The zero-order valence-corrected chi connectivity index (χ0v) is 14.5. The van der Waals surface area contributed by atoms with E-state index in [1.807, 2.05) is 29.2 Å². The van der Waals surface area contributed by atoms with Gasteiger partial charge < -0.3 is 14.2 Å². The lowest BCUT2D eigenvalue weighted by atomic mass is 10.1. The van der Waals surface area contributed by atoms with Crippen molar-refractivity contribution in [3.8, 4) is 0 Å². The first-order chi connectivity index (χ1) is 11.1. The average Bonchev–Trinajstić information content (AvgIpc) is 2.99. The summed E-state index contributed by atoms with van der Waals surface area (Å²) in [6, 6.07) is 7.50. The molecule has 1 aliphatic rings. The van der Waals surface area contributed by atoms with Gasteiger partial charge >= 0.3 is 0 Å². The highest BCUT2D eigenvalue weighted by Crippen LogP contribution is 2.21. The summed E-state index contributed by atoms with van der Waals surface area (Å²) < 4.78 is 11.7. The molecule has 122 valence electrons. The zero-order valence-electron chi connectivity index (χ0n) is 12.9. The smallest absolute Gasteiger partial charge is 0.255 e. The van der Waals surface area contributed by atoms with Crippen LogP contribution in [0, 0.1) is 6.92 Å². The molecule has 0 radical (unpaired) electrons. The minimum absolute atomic E-state index is 0.0588. The van der Waals surface area contributed by atoms with E-state index in [1.54, 1.807) is 6.92 Å². The largest absolute Gasteiger partial charge is 0.368 e. The van der Waals surface area contributed by atoms with Crippen LogP contribution in [0.25, 0.3) is 0 Å². The van der Waals surface area contributed by atoms with Gasteiger partial charge in [0.25, 0.3) is 11.8 Å². The SMILES string of the molecule is Cc1noc(COC2CCN(C(=O)c3ccccc3Br)CC2)n1. The van der Waals surface area contributed by atoms with Crippen LogP contribution in [0.5, 0.6) is 0 Å². The standard InChI is InChI=1S/C16H18BrN3O3/c1-11-18-15(23-19-11)10-22-12-6-8-20(9-7-12)16(21)13-4-2-3-5-14(13)17/h2-5,12H,6-10H2,1H3. The molecule has 2 aromatic rings. The third-order valence-electron chi connectivity index (χ3n) is 3.85. The summed E-state index contributed by atoms with van der Waals surface area (Å²) in [5.41, 5.74) is 0.702. The van der Waals surface area contributed by atoms with Crippen LogP contribution in [0.4, 0.5) is 0 Å². The van der Waals surface area contributed by atoms with E-state index in [9.17, 15) is 4.79 Å². The van der Waals surface area contributed by atoms with E-state index < -0.39 is 0 Å². The number of aromatic nitrogens is 2. The second-order valence-corrected chi connectivity index (χ2v) is 6.37. The zero-order chi connectivity index (χ0) is 16.2. The molecular weight excluding hydrogens is 362 g/mol. The Morgan fingerprint density at radius 3 is 2.78 bits per heavy atom. The van der Waals surface area contributed by atoms with Crippen molar-refractivity contribution in [3.63, 3.8) is 0 Å². The van der Waals surface area contributed by atoms with Crippen molar-refractivity contribution in [2.45, 2.75) is 32.5 Å². The van der Waals surface area contributed by atoms with E-state index in [1.165, 1.54) is 0 Å². The van der Waals surface area contributed by atoms with Crippen LogP contribution in [0.2, 0.25) is 0 Å². The monoisotopic (exact) mass is 379 g/mol. The van der Waals surface area contributed by atoms with E-state index in [0.29, 0.717) is 37.0 Å². The number of likely N-dealkylation sites (tertiary alicyclic amines) is 1. The van der Waals surface area contributed by atoms with E-state index in [0.717, 1.165) is 17.3 Å². The van der Waals surface area contributed by atoms with Gasteiger partial charge in [-0.15, -0.1) is 0 Å². The van der Waals surface area contributed by atoms with E-state index in [-0.39, 0.29) is 12.0 Å². The maximum absolute atomic E-state index is 12.5. The first-order valence-corrected chi connectivity index (χ1v) is 8.37. The molecule has 0 bridgehead atoms. The highest BCUT2D eigenvalue weighted by atomic mass is 79.9. The van der Waals surface area contributed by atoms with Gasteiger partial charge in [0, 0.05) is 17.6 Å². The first kappa shape index (κ1) is 16.1. The number of carbonyl (C=O) groups excluding carboxylic acids is 1. The van der Waals surface area contributed by atoms with Gasteiger partial charge in [0.15, 0.2) is 5.82 Å². The molecule has 1 amide bonds. The fraction of sp³-hybridized carbons (Fsp3) is 0.438. The van der Waals surface area contributed by atoms with Gasteiger partial charge in [-0.2, -0.15) is 4.98 Å².